The van der Waals surface area contributed by atoms with Crippen LogP contribution in [-0.4, -0.2) is 63.9 Å². The van der Waals surface area contributed by atoms with Gasteiger partial charge < -0.3 is 24.1 Å². The summed E-state index contributed by atoms with van der Waals surface area (Å²) in [7, 11) is 4.95. The van der Waals surface area contributed by atoms with E-state index in [-0.39, 0.29) is 30.7 Å². The van der Waals surface area contributed by atoms with Crippen molar-refractivity contribution >= 4 is 45.2 Å². The SMILES string of the molecule is COc1cccc(C2CC(c3ccc(Br)cc3)=NN2C(=O)CSc2nnc(CNC(=O)COc3ccccc3)n2C)c1OC. The Hall–Kier alpha value is -4.36. The molecule has 0 saturated heterocycles. The smallest absolute Gasteiger partial charge is 0.258 e. The standard InChI is InChI=1S/C31H31BrN6O5S/c1-37-27(17-33-28(39)18-43-22-8-5-4-6-9-22)34-35-31(37)44-19-29(40)38-25(23-10-7-11-26(41-2)30(23)42-3)16-24(36-38)20-12-14-21(32)15-13-20/h4-15,25H,16-19H2,1-3H3,(H,33,39). The van der Waals surface area contributed by atoms with Gasteiger partial charge in [-0.15, -0.1) is 10.2 Å². The number of para-hydroxylation sites is 2. The third-order valence-electron chi connectivity index (χ3n) is 6.94. The monoisotopic (exact) mass is 678 g/mol. The van der Waals surface area contributed by atoms with Gasteiger partial charge in [0, 0.05) is 23.5 Å². The second-order valence-corrected chi connectivity index (χ2v) is 11.6. The van der Waals surface area contributed by atoms with Crippen LogP contribution in [-0.2, 0) is 23.2 Å². The van der Waals surface area contributed by atoms with Gasteiger partial charge in [0.25, 0.3) is 11.8 Å². The fraction of sp³-hybridized carbons (Fsp3) is 0.258. The largest absolute Gasteiger partial charge is 0.493 e. The molecule has 13 heteroatoms. The lowest BCUT2D eigenvalue weighted by atomic mass is 9.97. The fourth-order valence-electron chi connectivity index (χ4n) is 4.69. The van der Waals surface area contributed by atoms with Gasteiger partial charge in [0.1, 0.15) is 5.75 Å². The molecule has 2 heterocycles. The highest BCUT2D eigenvalue weighted by atomic mass is 79.9. The molecule has 228 valence electrons. The second kappa shape index (κ2) is 14.4. The van der Waals surface area contributed by atoms with Crippen molar-refractivity contribution in [1.82, 2.24) is 25.1 Å². The maximum atomic E-state index is 13.7. The number of nitrogens with one attached hydrogen (secondary N) is 1. The molecule has 1 aliphatic rings. The van der Waals surface area contributed by atoms with E-state index in [0.717, 1.165) is 21.3 Å². The van der Waals surface area contributed by atoms with E-state index >= 15 is 0 Å². The van der Waals surface area contributed by atoms with Gasteiger partial charge in [0.05, 0.1) is 38.3 Å². The molecular weight excluding hydrogens is 648 g/mol. The third-order valence-corrected chi connectivity index (χ3v) is 8.48. The van der Waals surface area contributed by atoms with Gasteiger partial charge in [-0.25, -0.2) is 5.01 Å². The molecule has 4 aromatic rings. The van der Waals surface area contributed by atoms with Gasteiger partial charge in [0.2, 0.25) is 0 Å². The average Bonchev–Trinajstić information content (AvgIpc) is 3.65. The number of carbonyl (C=O) groups is 2. The summed E-state index contributed by atoms with van der Waals surface area (Å²) in [6.45, 7) is 0.0511. The third kappa shape index (κ3) is 7.22. The molecule has 1 aliphatic heterocycles. The topological polar surface area (TPSA) is 120 Å². The maximum Gasteiger partial charge on any atom is 0.258 e. The Morgan fingerprint density at radius 2 is 1.77 bits per heavy atom. The Morgan fingerprint density at radius 1 is 1.00 bits per heavy atom. The quantitative estimate of drug-likeness (QED) is 0.213. The fourth-order valence-corrected chi connectivity index (χ4v) is 5.73. The van der Waals surface area contributed by atoms with Crippen LogP contribution in [0.5, 0.6) is 17.2 Å². The summed E-state index contributed by atoms with van der Waals surface area (Å²) in [5, 5.41) is 18.0. The molecule has 11 nitrogen and oxygen atoms in total. The lowest BCUT2D eigenvalue weighted by Crippen LogP contribution is -2.29. The Balaban J connectivity index is 1.26. The summed E-state index contributed by atoms with van der Waals surface area (Å²) in [4.78, 5) is 26.0. The van der Waals surface area contributed by atoms with E-state index in [1.807, 2.05) is 60.7 Å². The van der Waals surface area contributed by atoms with Crippen LogP contribution in [0.25, 0.3) is 0 Å². The summed E-state index contributed by atoms with van der Waals surface area (Å²) >= 11 is 4.73. The number of hydrazone groups is 1. The van der Waals surface area contributed by atoms with Gasteiger partial charge in [-0.3, -0.25) is 9.59 Å². The summed E-state index contributed by atoms with van der Waals surface area (Å²) in [6, 6.07) is 22.2. The van der Waals surface area contributed by atoms with E-state index in [1.54, 1.807) is 38.0 Å². The minimum absolute atomic E-state index is 0.0726. The van der Waals surface area contributed by atoms with Gasteiger partial charge in [-0.2, -0.15) is 5.10 Å². The van der Waals surface area contributed by atoms with Crippen LogP contribution in [0.2, 0.25) is 0 Å². The van der Waals surface area contributed by atoms with E-state index < -0.39 is 6.04 Å². The van der Waals surface area contributed by atoms with Gasteiger partial charge in [0.15, 0.2) is 29.1 Å². The van der Waals surface area contributed by atoms with E-state index in [9.17, 15) is 9.59 Å². The van der Waals surface area contributed by atoms with E-state index in [1.165, 1.54) is 16.8 Å². The van der Waals surface area contributed by atoms with Crippen LogP contribution in [0, 0.1) is 0 Å². The second-order valence-electron chi connectivity index (χ2n) is 9.72. The molecule has 0 fully saturated rings. The van der Waals surface area contributed by atoms with Crippen LogP contribution in [0.15, 0.2) is 87.5 Å². The van der Waals surface area contributed by atoms with Crippen LogP contribution < -0.4 is 19.5 Å². The zero-order valence-electron chi connectivity index (χ0n) is 24.4. The number of nitrogens with zero attached hydrogens (tertiary/aromatic N) is 5. The number of carbonyl (C=O) groups excluding carboxylic acids is 2. The number of hydrogen-bond acceptors (Lipinski definition) is 9. The Bertz CT molecular complexity index is 1650. The minimum Gasteiger partial charge on any atom is -0.493 e. The zero-order valence-corrected chi connectivity index (χ0v) is 26.8. The molecule has 5 rings (SSSR count). The van der Waals surface area contributed by atoms with Crippen molar-refractivity contribution in [2.45, 2.75) is 24.2 Å². The van der Waals surface area contributed by atoms with E-state index in [0.29, 0.717) is 34.7 Å². The van der Waals surface area contributed by atoms with Crippen molar-refractivity contribution in [3.05, 3.63) is 94.2 Å². The Labute approximate surface area is 267 Å². The number of benzene rings is 3. The highest BCUT2D eigenvalue weighted by Crippen LogP contribution is 2.42. The Morgan fingerprint density at radius 3 is 2.50 bits per heavy atom. The minimum atomic E-state index is -0.393. The predicted molar refractivity (Wildman–Crippen MR) is 170 cm³/mol. The Kier molecular flexibility index (Phi) is 10.2. The van der Waals surface area contributed by atoms with Crippen molar-refractivity contribution in [3.63, 3.8) is 0 Å². The van der Waals surface area contributed by atoms with Crippen molar-refractivity contribution in [2.75, 3.05) is 26.6 Å². The number of hydrogen-bond donors (Lipinski definition) is 1. The van der Waals surface area contributed by atoms with Crippen molar-refractivity contribution in [1.29, 1.82) is 0 Å². The first-order valence-electron chi connectivity index (χ1n) is 13.7. The number of thioether (sulfide) groups is 1. The zero-order chi connectivity index (χ0) is 31.1. The number of halogens is 1. The molecule has 0 radical (unpaired) electrons. The van der Waals surface area contributed by atoms with Crippen LogP contribution in [0.4, 0.5) is 0 Å². The molecule has 0 saturated carbocycles. The predicted octanol–water partition coefficient (Wildman–Crippen LogP) is 4.76. The number of amides is 2. The van der Waals surface area contributed by atoms with E-state index in [4.69, 9.17) is 19.3 Å². The molecule has 0 bridgehead atoms. The number of rotatable bonds is 12. The lowest BCUT2D eigenvalue weighted by Gasteiger charge is -2.24. The maximum absolute atomic E-state index is 13.7. The van der Waals surface area contributed by atoms with Gasteiger partial charge in [-0.05, 0) is 35.9 Å². The molecule has 3 aromatic carbocycles. The van der Waals surface area contributed by atoms with Gasteiger partial charge >= 0.3 is 0 Å². The highest BCUT2D eigenvalue weighted by molar-refractivity contribution is 9.10. The number of ether oxygens (including phenoxy) is 3. The van der Waals surface area contributed by atoms with Crippen molar-refractivity contribution in [2.24, 2.45) is 12.1 Å². The summed E-state index contributed by atoms with van der Waals surface area (Å²) in [6.07, 6.45) is 0.503. The summed E-state index contributed by atoms with van der Waals surface area (Å²) < 4.78 is 19.4. The molecule has 44 heavy (non-hydrogen) atoms. The summed E-state index contributed by atoms with van der Waals surface area (Å²) in [5.41, 5.74) is 2.52. The molecule has 2 amide bonds. The number of aromatic nitrogens is 3. The van der Waals surface area contributed by atoms with Gasteiger partial charge in [-0.1, -0.05) is 70.2 Å². The molecule has 0 aliphatic carbocycles. The molecule has 0 spiro atoms. The van der Waals surface area contributed by atoms with Crippen molar-refractivity contribution in [3.8, 4) is 17.2 Å². The van der Waals surface area contributed by atoms with Crippen LogP contribution in [0.1, 0.15) is 29.4 Å². The van der Waals surface area contributed by atoms with E-state index in [2.05, 4.69) is 31.4 Å². The number of methoxy groups -OCH3 is 2. The first-order valence-corrected chi connectivity index (χ1v) is 15.5. The molecular formula is C31H31BrN6O5S. The first kappa shape index (κ1) is 31.1. The molecule has 1 N–H and O–H groups in total. The first-order chi connectivity index (χ1) is 21.4. The van der Waals surface area contributed by atoms with Crippen molar-refractivity contribution < 1.29 is 23.8 Å². The lowest BCUT2D eigenvalue weighted by molar-refractivity contribution is -0.130. The highest BCUT2D eigenvalue weighted by Gasteiger charge is 2.35. The normalized spacial score (nSPS) is 14.2. The average molecular weight is 680 g/mol. The van der Waals surface area contributed by atoms with Crippen LogP contribution in [0.3, 0.4) is 0 Å². The summed E-state index contributed by atoms with van der Waals surface area (Å²) in [5.74, 6) is 1.89. The van der Waals surface area contributed by atoms with Crippen LogP contribution >= 0.6 is 27.7 Å². The molecule has 1 atom stereocenters. The molecule has 1 unspecified atom stereocenters. The molecule has 1 aromatic heterocycles.